The van der Waals surface area contributed by atoms with Crippen molar-refractivity contribution in [3.05, 3.63) is 400 Å². The SMILES string of the molecule is c1cc(-c2ccc3c4ccccc4c4ccccc4c3c2)cc(-c2ccc3nc4sccn4c3c2)c1.c1cc(-c2ccc3c4ccccc4c4ccccc4c3c2)cc(-n2ccn3c4ccccc4nc23)c1.c1cc(-n2ccn3c4ccccc4nc23)cc(-n2c3ccccc3c3cc(-n4c5ccccc5c5ccccc54)ccc32)c1. The van der Waals surface area contributed by atoms with Crippen molar-refractivity contribution < 1.29 is 0 Å². The van der Waals surface area contributed by atoms with Gasteiger partial charge in [-0.15, -0.1) is 11.3 Å². The Hall–Kier alpha value is -15.4. The Kier molecular flexibility index (Phi) is 14.7. The lowest BCUT2D eigenvalue weighted by molar-refractivity contribution is 1.07. The van der Waals surface area contributed by atoms with Crippen LogP contribution in [0.5, 0.6) is 0 Å². The molecular weight excluding hydrogens is 1430 g/mol. The molecular formula is C105H66N10S. The normalized spacial score (nSPS) is 12.0. The highest BCUT2D eigenvalue weighted by molar-refractivity contribution is 7.15. The molecule has 0 saturated heterocycles. The summed E-state index contributed by atoms with van der Waals surface area (Å²) in [6, 6.07) is 131. The standard InChI is InChI=1S/C39H25N5.C33H21N3.C33H20N2S/c1-5-16-34-29(12-1)30-13-2-6-17-35(30)44(34)28-20-21-37-32(25-28)31-14-3-7-18-36(31)43(37)27-11-9-10-26(24-27)41-22-23-42-38-19-8-4-15-33(38)40-39(41)42;1-2-12-27-25(10-1)26-11-3-4-13-28(26)30-21-23(16-17-29(27)30)22-8-7-9-24(20-22)35-18-19-36-32-15-6-5-14-31(32)34-33(35)36;1-2-10-27-25(8-1)26-9-3-4-11-28(26)30-19-23(12-14-29(27)30)21-6-5-7-22(18-21)24-13-15-31-32(20-24)35-16-17-36-33(35)34-31/h1-25H;1-21H;1-20H. The van der Waals surface area contributed by atoms with Crippen molar-refractivity contribution in [1.82, 2.24) is 46.4 Å². The number of thiazole rings is 1. The summed E-state index contributed by atoms with van der Waals surface area (Å²) < 4.78 is 15.6. The van der Waals surface area contributed by atoms with Gasteiger partial charge in [-0.05, 0) is 219 Å². The number of hydrogen-bond donors (Lipinski definition) is 0. The van der Waals surface area contributed by atoms with E-state index in [0.29, 0.717) is 0 Å². The molecule has 10 nitrogen and oxygen atoms in total. The van der Waals surface area contributed by atoms with Gasteiger partial charge in [0.2, 0.25) is 11.6 Å². The Labute approximate surface area is 667 Å². The van der Waals surface area contributed by atoms with Crippen molar-refractivity contribution in [2.45, 2.75) is 0 Å². The molecule has 0 aliphatic carbocycles. The molecule has 0 aliphatic rings. The Morgan fingerprint density at radius 3 is 1.07 bits per heavy atom. The number of benzene rings is 18. The van der Waals surface area contributed by atoms with Crippen LogP contribution in [-0.4, -0.2) is 46.4 Å². The smallest absolute Gasteiger partial charge is 0.219 e. The summed E-state index contributed by atoms with van der Waals surface area (Å²) in [6.07, 6.45) is 10.5. The van der Waals surface area contributed by atoms with Crippen LogP contribution in [0.25, 0.3) is 214 Å². The topological polar surface area (TPSA) is 71.6 Å². The Morgan fingerprint density at radius 2 is 0.552 bits per heavy atom. The van der Waals surface area contributed by atoms with Crippen molar-refractivity contribution >= 4 is 169 Å². The molecule has 0 aliphatic heterocycles. The van der Waals surface area contributed by atoms with Crippen molar-refractivity contribution in [1.29, 1.82) is 0 Å². The first-order valence-corrected chi connectivity index (χ1v) is 40.1. The van der Waals surface area contributed by atoms with Crippen molar-refractivity contribution in [3.8, 4) is 56.1 Å². The highest BCUT2D eigenvalue weighted by atomic mass is 32.1. The van der Waals surface area contributed by atoms with E-state index in [9.17, 15) is 0 Å². The van der Waals surface area contributed by atoms with Gasteiger partial charge in [0.05, 0.1) is 60.9 Å². The van der Waals surface area contributed by atoms with E-state index in [0.717, 1.165) is 72.4 Å². The molecule has 116 heavy (non-hydrogen) atoms. The van der Waals surface area contributed by atoms with E-state index in [1.165, 1.54) is 142 Å². The van der Waals surface area contributed by atoms with Crippen LogP contribution in [0, 0.1) is 0 Å². The lowest BCUT2D eigenvalue weighted by atomic mass is 9.91. The fourth-order valence-electron chi connectivity index (χ4n) is 18.4. The minimum atomic E-state index is 0.904. The second-order valence-corrected chi connectivity index (χ2v) is 30.9. The lowest BCUT2D eigenvalue weighted by Gasteiger charge is -2.12. The molecule has 0 fully saturated rings. The third-order valence-corrected chi connectivity index (χ3v) is 24.4. The zero-order valence-corrected chi connectivity index (χ0v) is 63.3. The molecule has 26 aromatic rings. The molecule has 0 N–H and O–H groups in total. The quantitative estimate of drug-likeness (QED) is 0.149. The van der Waals surface area contributed by atoms with Crippen LogP contribution in [0.3, 0.4) is 0 Å². The maximum atomic E-state index is 4.94. The Morgan fingerprint density at radius 1 is 0.190 bits per heavy atom. The summed E-state index contributed by atoms with van der Waals surface area (Å²) in [5.74, 6) is 1.82. The predicted molar refractivity (Wildman–Crippen MR) is 485 cm³/mol. The monoisotopic (exact) mass is 1500 g/mol. The lowest BCUT2D eigenvalue weighted by Crippen LogP contribution is -1.98. The van der Waals surface area contributed by atoms with Crippen LogP contribution in [0.15, 0.2) is 400 Å². The first kappa shape index (κ1) is 65.3. The fourth-order valence-corrected chi connectivity index (χ4v) is 19.1. The van der Waals surface area contributed by atoms with E-state index in [2.05, 4.69) is 420 Å². The average Bonchev–Trinajstić information content (AvgIpc) is 1.32. The third kappa shape index (κ3) is 10.3. The number of imidazole rings is 5. The van der Waals surface area contributed by atoms with Gasteiger partial charge in [-0.1, -0.05) is 243 Å². The molecule has 0 spiro atoms. The first-order chi connectivity index (χ1) is 57.5. The molecule has 8 heterocycles. The summed E-state index contributed by atoms with van der Waals surface area (Å²) >= 11 is 1.67. The summed E-state index contributed by atoms with van der Waals surface area (Å²) in [5.41, 5.74) is 22.9. The van der Waals surface area contributed by atoms with Crippen molar-refractivity contribution in [3.63, 3.8) is 0 Å². The van der Waals surface area contributed by atoms with Gasteiger partial charge in [0.15, 0.2) is 4.96 Å². The molecule has 26 rings (SSSR count). The molecule has 0 saturated carbocycles. The minimum absolute atomic E-state index is 0.904. The minimum Gasteiger partial charge on any atom is -0.309 e. The van der Waals surface area contributed by atoms with Gasteiger partial charge in [-0.2, -0.15) is 0 Å². The maximum absolute atomic E-state index is 4.94. The summed E-state index contributed by atoms with van der Waals surface area (Å²) in [6.45, 7) is 0. The second-order valence-electron chi connectivity index (χ2n) is 30.0. The number of rotatable bonds is 7. The molecule has 8 aromatic heterocycles. The van der Waals surface area contributed by atoms with Gasteiger partial charge >= 0.3 is 0 Å². The summed E-state index contributed by atoms with van der Waals surface area (Å²) in [7, 11) is 0. The van der Waals surface area contributed by atoms with Crippen LogP contribution in [0.2, 0.25) is 0 Å². The number of fused-ring (bicyclic) bond motifs is 27. The van der Waals surface area contributed by atoms with Crippen LogP contribution in [-0.2, 0) is 0 Å². The van der Waals surface area contributed by atoms with Gasteiger partial charge < -0.3 is 9.13 Å². The third-order valence-electron chi connectivity index (χ3n) is 23.7. The van der Waals surface area contributed by atoms with E-state index < -0.39 is 0 Å². The van der Waals surface area contributed by atoms with Crippen LogP contribution < -0.4 is 0 Å². The van der Waals surface area contributed by atoms with Gasteiger partial charge in [0, 0.05) is 75.0 Å². The highest BCUT2D eigenvalue weighted by Gasteiger charge is 2.21. The largest absolute Gasteiger partial charge is 0.309 e. The van der Waals surface area contributed by atoms with Crippen LogP contribution in [0.1, 0.15) is 0 Å². The molecule has 0 amide bonds. The number of hydrogen-bond acceptors (Lipinski definition) is 4. The molecule has 0 atom stereocenters. The highest BCUT2D eigenvalue weighted by Crippen LogP contribution is 2.43. The fraction of sp³-hybridized carbons (Fsp3) is 0. The van der Waals surface area contributed by atoms with Gasteiger partial charge in [-0.3, -0.25) is 22.3 Å². The summed E-state index contributed by atoms with van der Waals surface area (Å²) in [5, 5.41) is 22.7. The van der Waals surface area contributed by atoms with E-state index in [1.54, 1.807) is 11.3 Å². The zero-order valence-electron chi connectivity index (χ0n) is 62.5. The van der Waals surface area contributed by atoms with Crippen molar-refractivity contribution in [2.75, 3.05) is 0 Å². The molecule has 0 radical (unpaired) electrons. The van der Waals surface area contributed by atoms with Gasteiger partial charge in [0.25, 0.3) is 0 Å². The first-order valence-electron chi connectivity index (χ1n) is 39.3. The van der Waals surface area contributed by atoms with E-state index in [1.807, 2.05) is 12.1 Å². The van der Waals surface area contributed by atoms with E-state index in [4.69, 9.17) is 15.0 Å². The second kappa shape index (κ2) is 26.1. The molecule has 0 unspecified atom stereocenters. The molecule has 542 valence electrons. The molecule has 0 bridgehead atoms. The molecule has 18 aromatic carbocycles. The molecule has 11 heteroatoms. The Bertz CT molecular complexity index is 8400. The zero-order chi connectivity index (χ0) is 76.1. The average molecular weight is 1500 g/mol. The van der Waals surface area contributed by atoms with Crippen LogP contribution in [0.4, 0.5) is 0 Å². The van der Waals surface area contributed by atoms with Crippen LogP contribution >= 0.6 is 11.3 Å². The van der Waals surface area contributed by atoms with E-state index >= 15 is 0 Å². The predicted octanol–water partition coefficient (Wildman–Crippen LogP) is 27.2. The van der Waals surface area contributed by atoms with Crippen molar-refractivity contribution in [2.24, 2.45) is 0 Å². The summed E-state index contributed by atoms with van der Waals surface area (Å²) in [4.78, 5) is 15.6. The van der Waals surface area contributed by atoms with Gasteiger partial charge in [-0.25, -0.2) is 15.0 Å². The number of aromatic nitrogens is 10. The Balaban J connectivity index is 0.000000101. The maximum Gasteiger partial charge on any atom is 0.219 e. The number of nitrogens with zero attached hydrogens (tertiary/aromatic N) is 10. The van der Waals surface area contributed by atoms with E-state index in [-0.39, 0.29) is 0 Å². The van der Waals surface area contributed by atoms with Gasteiger partial charge in [0.1, 0.15) is 0 Å². The number of para-hydroxylation sites is 7.